The Morgan fingerprint density at radius 1 is 1.40 bits per heavy atom. The Morgan fingerprint density at radius 3 is 2.96 bits per heavy atom. The largest absolute Gasteiger partial charge is 0.453 e. The number of halogens is 1. The van der Waals surface area contributed by atoms with Crippen LogP contribution in [0.3, 0.4) is 0 Å². The van der Waals surface area contributed by atoms with Crippen molar-refractivity contribution in [3.63, 3.8) is 0 Å². The van der Waals surface area contributed by atoms with E-state index >= 15 is 0 Å². The average molecular weight is 343 g/mol. The van der Waals surface area contributed by atoms with Gasteiger partial charge in [0, 0.05) is 25.5 Å². The SMILES string of the molecule is COC(=O)N1CCc2ccc(F)cc2[C@@H]1C(=O)NCc1cccnc1. The first-order valence-corrected chi connectivity index (χ1v) is 7.89. The van der Waals surface area contributed by atoms with Crippen LogP contribution in [0, 0.1) is 5.82 Å². The number of amides is 2. The van der Waals surface area contributed by atoms with Crippen LogP contribution in [-0.2, 0) is 22.5 Å². The number of rotatable bonds is 3. The molecule has 0 spiro atoms. The van der Waals surface area contributed by atoms with Crippen LogP contribution >= 0.6 is 0 Å². The van der Waals surface area contributed by atoms with E-state index in [1.54, 1.807) is 24.5 Å². The second-order valence-corrected chi connectivity index (χ2v) is 5.74. The summed E-state index contributed by atoms with van der Waals surface area (Å²) in [7, 11) is 1.26. The smallest absolute Gasteiger partial charge is 0.410 e. The van der Waals surface area contributed by atoms with E-state index in [-0.39, 0.29) is 12.5 Å². The summed E-state index contributed by atoms with van der Waals surface area (Å²) in [6.07, 6.45) is 3.21. The number of methoxy groups -OCH3 is 1. The van der Waals surface area contributed by atoms with E-state index in [0.29, 0.717) is 18.5 Å². The summed E-state index contributed by atoms with van der Waals surface area (Å²) in [5.74, 6) is -0.837. The number of benzene rings is 1. The zero-order valence-corrected chi connectivity index (χ0v) is 13.7. The van der Waals surface area contributed by atoms with E-state index in [9.17, 15) is 14.0 Å². The van der Waals surface area contributed by atoms with Gasteiger partial charge in [0.25, 0.3) is 0 Å². The van der Waals surface area contributed by atoms with Crippen molar-refractivity contribution in [1.82, 2.24) is 15.2 Å². The summed E-state index contributed by atoms with van der Waals surface area (Å²) >= 11 is 0. The van der Waals surface area contributed by atoms with Crippen molar-refractivity contribution in [3.05, 3.63) is 65.2 Å². The van der Waals surface area contributed by atoms with E-state index < -0.39 is 18.0 Å². The number of ether oxygens (including phenoxy) is 1. The molecule has 1 N–H and O–H groups in total. The zero-order valence-electron chi connectivity index (χ0n) is 13.7. The van der Waals surface area contributed by atoms with Crippen LogP contribution in [0.25, 0.3) is 0 Å². The molecule has 2 heterocycles. The normalized spacial score (nSPS) is 16.1. The fourth-order valence-corrected chi connectivity index (χ4v) is 2.97. The molecule has 130 valence electrons. The van der Waals surface area contributed by atoms with Gasteiger partial charge in [0.1, 0.15) is 11.9 Å². The minimum absolute atomic E-state index is 0.267. The van der Waals surface area contributed by atoms with Gasteiger partial charge in [-0.05, 0) is 41.3 Å². The lowest BCUT2D eigenvalue weighted by atomic mass is 9.92. The minimum Gasteiger partial charge on any atom is -0.453 e. The molecule has 25 heavy (non-hydrogen) atoms. The van der Waals surface area contributed by atoms with Crippen LogP contribution < -0.4 is 5.32 Å². The number of hydrogen-bond donors (Lipinski definition) is 1. The summed E-state index contributed by atoms with van der Waals surface area (Å²) in [6, 6.07) is 6.99. The first-order chi connectivity index (χ1) is 12.1. The highest BCUT2D eigenvalue weighted by Crippen LogP contribution is 2.31. The fourth-order valence-electron chi connectivity index (χ4n) is 2.97. The Balaban J connectivity index is 1.87. The van der Waals surface area contributed by atoms with Crippen LogP contribution in [0.5, 0.6) is 0 Å². The molecule has 0 saturated carbocycles. The summed E-state index contributed by atoms with van der Waals surface area (Å²) in [4.78, 5) is 30.2. The summed E-state index contributed by atoms with van der Waals surface area (Å²) in [5, 5.41) is 2.79. The molecule has 0 bridgehead atoms. The highest BCUT2D eigenvalue weighted by atomic mass is 19.1. The number of aromatic nitrogens is 1. The van der Waals surface area contributed by atoms with E-state index in [4.69, 9.17) is 4.74 Å². The third-order valence-electron chi connectivity index (χ3n) is 4.18. The summed E-state index contributed by atoms with van der Waals surface area (Å²) in [6.45, 7) is 0.596. The molecule has 7 heteroatoms. The maximum Gasteiger partial charge on any atom is 0.410 e. The van der Waals surface area contributed by atoms with E-state index in [2.05, 4.69) is 10.3 Å². The van der Waals surface area contributed by atoms with Gasteiger partial charge in [-0.3, -0.25) is 14.7 Å². The van der Waals surface area contributed by atoms with Gasteiger partial charge < -0.3 is 10.1 Å². The van der Waals surface area contributed by atoms with Crippen molar-refractivity contribution in [1.29, 1.82) is 0 Å². The number of carbonyl (C=O) groups is 2. The highest BCUT2D eigenvalue weighted by Gasteiger charge is 2.36. The van der Waals surface area contributed by atoms with Crippen LogP contribution in [-0.4, -0.2) is 35.5 Å². The van der Waals surface area contributed by atoms with Gasteiger partial charge in [0.2, 0.25) is 5.91 Å². The standard InChI is InChI=1S/C18H18FN3O3/c1-25-18(24)22-8-6-13-4-5-14(19)9-15(13)16(22)17(23)21-11-12-3-2-7-20-10-12/h2-5,7,9-10,16H,6,8,11H2,1H3,(H,21,23)/t16-/m1/s1. The third kappa shape index (κ3) is 3.60. The van der Waals surface area contributed by atoms with Gasteiger partial charge in [-0.15, -0.1) is 0 Å². The number of hydrogen-bond acceptors (Lipinski definition) is 4. The molecule has 2 aromatic rings. The molecule has 1 aromatic carbocycles. The highest BCUT2D eigenvalue weighted by molar-refractivity contribution is 5.87. The Labute approximate surface area is 144 Å². The van der Waals surface area contributed by atoms with Crippen molar-refractivity contribution in [2.24, 2.45) is 0 Å². The first kappa shape index (κ1) is 16.9. The molecule has 3 rings (SSSR count). The van der Waals surface area contributed by atoms with Gasteiger partial charge >= 0.3 is 6.09 Å². The molecule has 0 fully saturated rings. The lowest BCUT2D eigenvalue weighted by Gasteiger charge is -2.35. The molecule has 0 saturated heterocycles. The van der Waals surface area contributed by atoms with Crippen LogP contribution in [0.2, 0.25) is 0 Å². The van der Waals surface area contributed by atoms with E-state index in [1.807, 2.05) is 6.07 Å². The summed E-state index contributed by atoms with van der Waals surface area (Å²) < 4.78 is 18.5. The van der Waals surface area contributed by atoms with Crippen LogP contribution in [0.4, 0.5) is 9.18 Å². The topological polar surface area (TPSA) is 71.5 Å². The number of carbonyl (C=O) groups excluding carboxylic acids is 2. The van der Waals surface area contributed by atoms with Crippen molar-refractivity contribution in [3.8, 4) is 0 Å². The van der Waals surface area contributed by atoms with Gasteiger partial charge in [-0.2, -0.15) is 0 Å². The number of fused-ring (bicyclic) bond motifs is 1. The lowest BCUT2D eigenvalue weighted by Crippen LogP contribution is -2.47. The van der Waals surface area contributed by atoms with Crippen molar-refractivity contribution < 1.29 is 18.7 Å². The minimum atomic E-state index is -0.927. The van der Waals surface area contributed by atoms with E-state index in [1.165, 1.54) is 24.1 Å². The molecule has 2 amide bonds. The van der Waals surface area contributed by atoms with Gasteiger partial charge in [0.15, 0.2) is 0 Å². The number of nitrogens with zero attached hydrogens (tertiary/aromatic N) is 2. The van der Waals surface area contributed by atoms with Crippen molar-refractivity contribution >= 4 is 12.0 Å². The van der Waals surface area contributed by atoms with Crippen LogP contribution in [0.1, 0.15) is 22.7 Å². The third-order valence-corrected chi connectivity index (χ3v) is 4.18. The molecule has 0 unspecified atom stereocenters. The van der Waals surface area contributed by atoms with Gasteiger partial charge in [0.05, 0.1) is 7.11 Å². The molecule has 6 nitrogen and oxygen atoms in total. The number of nitrogens with one attached hydrogen (secondary N) is 1. The van der Waals surface area contributed by atoms with Crippen LogP contribution in [0.15, 0.2) is 42.7 Å². The molecule has 1 aliphatic rings. The predicted molar refractivity (Wildman–Crippen MR) is 88.0 cm³/mol. The zero-order chi connectivity index (χ0) is 17.8. The van der Waals surface area contributed by atoms with E-state index in [0.717, 1.165) is 11.1 Å². The van der Waals surface area contributed by atoms with Crippen molar-refractivity contribution in [2.45, 2.75) is 19.0 Å². The Hall–Kier alpha value is -2.96. The van der Waals surface area contributed by atoms with Crippen molar-refractivity contribution in [2.75, 3.05) is 13.7 Å². The molecule has 1 atom stereocenters. The Kier molecular flexibility index (Phi) is 4.92. The quantitative estimate of drug-likeness (QED) is 0.927. The Bertz CT molecular complexity index is 782. The fraction of sp³-hybridized carbons (Fsp3) is 0.278. The molecule has 0 radical (unpaired) electrons. The predicted octanol–water partition coefficient (Wildman–Crippen LogP) is 2.20. The maximum absolute atomic E-state index is 13.7. The second kappa shape index (κ2) is 7.29. The lowest BCUT2D eigenvalue weighted by molar-refractivity contribution is -0.126. The summed E-state index contributed by atoms with van der Waals surface area (Å²) in [5.41, 5.74) is 2.17. The molecular weight excluding hydrogens is 325 g/mol. The molecule has 1 aliphatic heterocycles. The second-order valence-electron chi connectivity index (χ2n) is 5.74. The maximum atomic E-state index is 13.7. The molecule has 0 aliphatic carbocycles. The number of pyridine rings is 1. The van der Waals surface area contributed by atoms with Gasteiger partial charge in [-0.25, -0.2) is 9.18 Å². The average Bonchev–Trinajstić information content (AvgIpc) is 2.65. The molecule has 1 aromatic heterocycles. The first-order valence-electron chi connectivity index (χ1n) is 7.89. The van der Waals surface area contributed by atoms with Gasteiger partial charge in [-0.1, -0.05) is 12.1 Å². The monoisotopic (exact) mass is 343 g/mol. The molecular formula is C18H18FN3O3. The Morgan fingerprint density at radius 2 is 2.24 bits per heavy atom.